The van der Waals surface area contributed by atoms with E-state index in [1.165, 1.54) is 0 Å². The summed E-state index contributed by atoms with van der Waals surface area (Å²) >= 11 is 2.90. The van der Waals surface area contributed by atoms with Gasteiger partial charge in [-0.1, -0.05) is 0 Å². The minimum absolute atomic E-state index is 0.0283. The van der Waals surface area contributed by atoms with Crippen LogP contribution in [0.2, 0.25) is 0 Å². The molecule has 0 radical (unpaired) electrons. The van der Waals surface area contributed by atoms with E-state index in [-0.39, 0.29) is 15.8 Å². The van der Waals surface area contributed by atoms with Crippen molar-refractivity contribution in [1.29, 1.82) is 0 Å². The quantitative estimate of drug-likeness (QED) is 0.797. The lowest BCUT2D eigenvalue weighted by molar-refractivity contribution is -0.217. The van der Waals surface area contributed by atoms with Crippen molar-refractivity contribution in [2.45, 2.75) is 18.7 Å². The molecule has 0 amide bonds. The van der Waals surface area contributed by atoms with E-state index < -0.39 is 36.4 Å². The molecule has 2 unspecified atom stereocenters. The van der Waals surface area contributed by atoms with E-state index in [0.29, 0.717) is 0 Å². The number of carboxylic acid groups (broad SMARTS) is 1. The molecular weight excluding hydrogens is 336 g/mol. The fourth-order valence-corrected chi connectivity index (χ4v) is 2.53. The van der Waals surface area contributed by atoms with Crippen molar-refractivity contribution in [1.82, 2.24) is 0 Å². The normalized spacial score (nSPS) is 22.6. The molecule has 1 aliphatic heterocycles. The fourth-order valence-electron chi connectivity index (χ4n) is 1.96. The third-order valence-corrected chi connectivity index (χ3v) is 3.36. The van der Waals surface area contributed by atoms with Crippen LogP contribution in [0.3, 0.4) is 0 Å². The number of alkyl halides is 3. The summed E-state index contributed by atoms with van der Waals surface area (Å²) in [4.78, 5) is 10.9. The first-order valence-corrected chi connectivity index (χ1v) is 5.93. The smallest absolute Gasteiger partial charge is 0.426 e. The third kappa shape index (κ3) is 2.68. The highest BCUT2D eigenvalue weighted by Gasteiger charge is 2.52. The molecule has 8 heteroatoms. The molecule has 2 rings (SSSR count). The van der Waals surface area contributed by atoms with Gasteiger partial charge < -0.3 is 9.84 Å². The number of hydrogen-bond acceptors (Lipinski definition) is 2. The van der Waals surface area contributed by atoms with E-state index in [1.54, 1.807) is 0 Å². The number of rotatable bonds is 1. The largest absolute Gasteiger partial charge is 0.481 e. The molecule has 0 aromatic heterocycles. The number of ether oxygens (including phenoxy) is 1. The van der Waals surface area contributed by atoms with Crippen LogP contribution in [0.5, 0.6) is 5.75 Å². The molecule has 1 aliphatic rings. The van der Waals surface area contributed by atoms with Gasteiger partial charge in [-0.25, -0.2) is 4.39 Å². The van der Waals surface area contributed by atoms with Crippen LogP contribution in [0.25, 0.3) is 0 Å². The van der Waals surface area contributed by atoms with Gasteiger partial charge in [0, 0.05) is 0 Å². The van der Waals surface area contributed by atoms with Gasteiger partial charge in [-0.2, -0.15) is 13.2 Å². The molecule has 1 aromatic rings. The van der Waals surface area contributed by atoms with Crippen LogP contribution in [0.4, 0.5) is 17.6 Å². The Labute approximate surface area is 113 Å². The van der Waals surface area contributed by atoms with Gasteiger partial charge in [0.15, 0.2) is 0 Å². The lowest BCUT2D eigenvalue weighted by Crippen LogP contribution is -2.47. The van der Waals surface area contributed by atoms with Crippen molar-refractivity contribution in [3.63, 3.8) is 0 Å². The van der Waals surface area contributed by atoms with Crippen LogP contribution in [-0.2, 0) is 11.2 Å². The third-order valence-electron chi connectivity index (χ3n) is 2.78. The number of aliphatic carboxylic acids is 1. The summed E-state index contributed by atoms with van der Waals surface area (Å²) in [6.45, 7) is 0. The van der Waals surface area contributed by atoms with Crippen molar-refractivity contribution >= 4 is 21.9 Å². The van der Waals surface area contributed by atoms with Crippen molar-refractivity contribution in [3.8, 4) is 5.75 Å². The zero-order valence-electron chi connectivity index (χ0n) is 9.17. The Kier molecular flexibility index (Phi) is 3.46. The number of halogens is 5. The molecule has 0 bridgehead atoms. The Bertz CT molecular complexity index is 529. The second-order valence-electron chi connectivity index (χ2n) is 4.10. The molecule has 1 N–H and O–H groups in total. The number of fused-ring (bicyclic) bond motifs is 1. The summed E-state index contributed by atoms with van der Waals surface area (Å²) in [5.74, 6) is -4.26. The Hall–Kier alpha value is -1.31. The second-order valence-corrected chi connectivity index (χ2v) is 4.96. The molecule has 1 aromatic carbocycles. The Balaban J connectivity index is 2.48. The summed E-state index contributed by atoms with van der Waals surface area (Å²) in [7, 11) is 0. The Morgan fingerprint density at radius 3 is 2.58 bits per heavy atom. The highest BCUT2D eigenvalue weighted by atomic mass is 79.9. The molecule has 0 saturated heterocycles. The highest BCUT2D eigenvalue weighted by molar-refractivity contribution is 9.10. The average molecular weight is 343 g/mol. The zero-order chi connectivity index (χ0) is 14.4. The molecule has 104 valence electrons. The van der Waals surface area contributed by atoms with Gasteiger partial charge in [-0.05, 0) is 40.0 Å². The number of hydrogen-bond donors (Lipinski definition) is 1. The van der Waals surface area contributed by atoms with E-state index in [4.69, 9.17) is 9.84 Å². The lowest BCUT2D eigenvalue weighted by Gasteiger charge is -2.32. The van der Waals surface area contributed by atoms with E-state index >= 15 is 0 Å². The molecule has 1 heterocycles. The number of benzene rings is 1. The van der Waals surface area contributed by atoms with E-state index in [0.717, 1.165) is 12.1 Å². The minimum atomic E-state index is -4.81. The lowest BCUT2D eigenvalue weighted by atomic mass is 9.90. The van der Waals surface area contributed by atoms with Crippen molar-refractivity contribution in [3.05, 3.63) is 28.0 Å². The van der Waals surface area contributed by atoms with Gasteiger partial charge in [0.25, 0.3) is 0 Å². The fraction of sp³-hybridized carbons (Fsp3) is 0.364. The SMILES string of the molecule is O=C(O)C1Cc2cc(F)cc(Br)c2OC1C(F)(F)F. The van der Waals surface area contributed by atoms with E-state index in [2.05, 4.69) is 15.9 Å². The first-order chi connectivity index (χ1) is 8.70. The first kappa shape index (κ1) is 14.1. The van der Waals surface area contributed by atoms with Crippen molar-refractivity contribution < 1.29 is 32.2 Å². The van der Waals surface area contributed by atoms with Gasteiger partial charge in [-0.3, -0.25) is 4.79 Å². The molecule has 0 fully saturated rings. The molecular formula is C11H7BrF4O3. The van der Waals surface area contributed by atoms with Crippen molar-refractivity contribution in [2.24, 2.45) is 5.92 Å². The predicted octanol–water partition coefficient (Wildman–Crippen LogP) is 3.15. The summed E-state index contributed by atoms with van der Waals surface area (Å²) in [6.07, 6.45) is -7.70. The second kappa shape index (κ2) is 4.66. The summed E-state index contributed by atoms with van der Waals surface area (Å²) in [6, 6.07) is 1.94. The molecule has 0 saturated carbocycles. The summed E-state index contributed by atoms with van der Waals surface area (Å²) < 4.78 is 56.3. The minimum Gasteiger partial charge on any atom is -0.481 e. The van der Waals surface area contributed by atoms with Crippen LogP contribution in [0.15, 0.2) is 16.6 Å². The Morgan fingerprint density at radius 2 is 2.05 bits per heavy atom. The van der Waals surface area contributed by atoms with Gasteiger partial charge in [0.05, 0.1) is 4.47 Å². The molecule has 2 atom stereocenters. The molecule has 3 nitrogen and oxygen atoms in total. The topological polar surface area (TPSA) is 46.5 Å². The number of carbonyl (C=O) groups is 1. The van der Waals surface area contributed by atoms with Gasteiger partial charge in [0.2, 0.25) is 6.10 Å². The molecule has 0 spiro atoms. The van der Waals surface area contributed by atoms with E-state index in [9.17, 15) is 22.4 Å². The summed E-state index contributed by atoms with van der Waals surface area (Å²) in [5.41, 5.74) is 0.0970. The van der Waals surface area contributed by atoms with Crippen LogP contribution in [0, 0.1) is 11.7 Å². The van der Waals surface area contributed by atoms with E-state index in [1.807, 2.05) is 0 Å². The maximum atomic E-state index is 13.2. The maximum Gasteiger partial charge on any atom is 0.426 e. The highest BCUT2D eigenvalue weighted by Crippen LogP contribution is 2.42. The van der Waals surface area contributed by atoms with Gasteiger partial charge >= 0.3 is 12.1 Å². The van der Waals surface area contributed by atoms with Crippen LogP contribution in [0.1, 0.15) is 5.56 Å². The van der Waals surface area contributed by atoms with Crippen LogP contribution in [-0.4, -0.2) is 23.4 Å². The summed E-state index contributed by atoms with van der Waals surface area (Å²) in [5, 5.41) is 8.85. The zero-order valence-corrected chi connectivity index (χ0v) is 10.8. The predicted molar refractivity (Wildman–Crippen MR) is 59.4 cm³/mol. The Morgan fingerprint density at radius 1 is 1.42 bits per heavy atom. The molecule has 19 heavy (non-hydrogen) atoms. The molecule has 0 aliphatic carbocycles. The van der Waals surface area contributed by atoms with Crippen molar-refractivity contribution in [2.75, 3.05) is 0 Å². The number of carboxylic acids is 1. The van der Waals surface area contributed by atoms with Crippen LogP contribution < -0.4 is 4.74 Å². The van der Waals surface area contributed by atoms with Crippen LogP contribution >= 0.6 is 15.9 Å². The average Bonchev–Trinajstić information content (AvgIpc) is 2.25. The van der Waals surface area contributed by atoms with Gasteiger partial charge in [0.1, 0.15) is 17.5 Å². The maximum absolute atomic E-state index is 13.2. The van der Waals surface area contributed by atoms with Gasteiger partial charge in [-0.15, -0.1) is 0 Å². The monoisotopic (exact) mass is 342 g/mol. The standard InChI is InChI=1S/C11H7BrF4O3/c12-7-3-5(13)1-4-2-6(10(17)18)9(11(14,15)16)19-8(4)7/h1,3,6,9H,2H2,(H,17,18). The first-order valence-electron chi connectivity index (χ1n) is 5.14.